The summed E-state index contributed by atoms with van der Waals surface area (Å²) in [6.45, 7) is 2.54. The van der Waals surface area contributed by atoms with Crippen LogP contribution in [-0.2, 0) is 6.54 Å². The van der Waals surface area contributed by atoms with Gasteiger partial charge in [0.05, 0.1) is 6.54 Å². The van der Waals surface area contributed by atoms with Crippen LogP contribution in [0.2, 0.25) is 0 Å². The van der Waals surface area contributed by atoms with Gasteiger partial charge >= 0.3 is 0 Å². The molecule has 1 aromatic carbocycles. The van der Waals surface area contributed by atoms with Crippen LogP contribution in [0.4, 0.5) is 0 Å². The van der Waals surface area contributed by atoms with E-state index in [0.29, 0.717) is 17.1 Å². The van der Waals surface area contributed by atoms with Gasteiger partial charge in [-0.2, -0.15) is 5.10 Å². The number of aryl methyl sites for hydroxylation is 1. The molecule has 3 heterocycles. The highest BCUT2D eigenvalue weighted by Gasteiger charge is 2.11. The number of aromatic amines is 1. The van der Waals surface area contributed by atoms with Gasteiger partial charge in [0.25, 0.3) is 0 Å². The fourth-order valence-corrected chi connectivity index (χ4v) is 3.49. The summed E-state index contributed by atoms with van der Waals surface area (Å²) in [5.74, 6) is 2.33. The zero-order valence-corrected chi connectivity index (χ0v) is 16.8. The number of H-pyrrole nitrogens is 1. The lowest BCUT2D eigenvalue weighted by molar-refractivity contribution is 0.522. The number of rotatable bonds is 5. The molecule has 3 aromatic heterocycles. The third-order valence-electron chi connectivity index (χ3n) is 4.14. The van der Waals surface area contributed by atoms with Crippen molar-refractivity contribution in [2.45, 2.75) is 13.5 Å². The number of nitrogens with one attached hydrogen (secondary N) is 2. The summed E-state index contributed by atoms with van der Waals surface area (Å²) in [7, 11) is 0. The fourth-order valence-electron chi connectivity index (χ4n) is 2.82. The first kappa shape index (κ1) is 17.7. The molecular formula is C19H16BrN5OS. The zero-order chi connectivity index (χ0) is 18.8. The highest BCUT2D eigenvalue weighted by Crippen LogP contribution is 2.28. The Balaban J connectivity index is 1.55. The molecule has 0 radical (unpaired) electrons. The van der Waals surface area contributed by atoms with Crippen LogP contribution in [0, 0.1) is 11.7 Å². The Morgan fingerprint density at radius 2 is 2.00 bits per heavy atom. The lowest BCUT2D eigenvalue weighted by atomic mass is 10.1. The van der Waals surface area contributed by atoms with Gasteiger partial charge in [-0.15, -0.1) is 0 Å². The maximum Gasteiger partial charge on any atom is 0.214 e. The molecule has 27 heavy (non-hydrogen) atoms. The number of pyridine rings is 1. The summed E-state index contributed by atoms with van der Waals surface area (Å²) >= 11 is 8.82. The molecule has 0 spiro atoms. The normalized spacial score (nSPS) is 10.9. The van der Waals surface area contributed by atoms with Crippen LogP contribution in [-0.4, -0.2) is 19.9 Å². The van der Waals surface area contributed by atoms with Crippen LogP contribution in [0.1, 0.15) is 11.3 Å². The van der Waals surface area contributed by atoms with E-state index in [-0.39, 0.29) is 0 Å². The van der Waals surface area contributed by atoms with Gasteiger partial charge in [-0.05, 0) is 67.2 Å². The van der Waals surface area contributed by atoms with Gasteiger partial charge in [-0.1, -0.05) is 15.9 Å². The zero-order valence-electron chi connectivity index (χ0n) is 14.4. The first-order chi connectivity index (χ1) is 13.1. The average Bonchev–Trinajstić information content (AvgIpc) is 3.27. The van der Waals surface area contributed by atoms with E-state index in [0.717, 1.165) is 32.7 Å². The Morgan fingerprint density at radius 3 is 2.78 bits per heavy atom. The standard InChI is InChI=1S/C19H16BrN5OS/c1-12-10-14(20)2-4-16(12)17-5-3-15(26-17)11-22-25-18(23-24-19(25)27)13-6-8-21-9-7-13/h2-10,22H,11H2,1H3,(H,24,27). The number of furan rings is 1. The fraction of sp³-hybridized carbons (Fsp3) is 0.105. The molecule has 4 rings (SSSR count). The minimum atomic E-state index is 0.474. The Bertz CT molecular complexity index is 1130. The molecule has 0 bridgehead atoms. The van der Waals surface area contributed by atoms with Crippen LogP contribution < -0.4 is 5.43 Å². The SMILES string of the molecule is Cc1cc(Br)ccc1-c1ccc(CNn2c(-c3ccncc3)n[nH]c2=S)o1. The van der Waals surface area contributed by atoms with Crippen molar-refractivity contribution in [2.24, 2.45) is 0 Å². The lowest BCUT2D eigenvalue weighted by Crippen LogP contribution is -2.15. The molecule has 0 aliphatic carbocycles. The molecule has 136 valence electrons. The second-order valence-corrected chi connectivity index (χ2v) is 7.29. The molecule has 0 saturated carbocycles. The van der Waals surface area contributed by atoms with Crippen LogP contribution in [0.5, 0.6) is 0 Å². The van der Waals surface area contributed by atoms with Gasteiger partial charge in [0, 0.05) is 28.0 Å². The second-order valence-electron chi connectivity index (χ2n) is 5.98. The van der Waals surface area contributed by atoms with E-state index < -0.39 is 0 Å². The summed E-state index contributed by atoms with van der Waals surface area (Å²) < 4.78 is 9.28. The quantitative estimate of drug-likeness (QED) is 0.422. The summed E-state index contributed by atoms with van der Waals surface area (Å²) in [5, 5.41) is 7.10. The second kappa shape index (κ2) is 7.50. The molecule has 8 heteroatoms. The van der Waals surface area contributed by atoms with Gasteiger partial charge in [0.1, 0.15) is 11.5 Å². The smallest absolute Gasteiger partial charge is 0.214 e. The third-order valence-corrected chi connectivity index (χ3v) is 4.90. The van der Waals surface area contributed by atoms with E-state index in [1.807, 2.05) is 36.4 Å². The topological polar surface area (TPSA) is 71.7 Å². The predicted molar refractivity (Wildman–Crippen MR) is 110 cm³/mol. The van der Waals surface area contributed by atoms with E-state index >= 15 is 0 Å². The van der Waals surface area contributed by atoms with Crippen LogP contribution >= 0.6 is 28.1 Å². The Morgan fingerprint density at radius 1 is 1.19 bits per heavy atom. The summed E-state index contributed by atoms with van der Waals surface area (Å²) in [6, 6.07) is 13.8. The maximum atomic E-state index is 6.01. The summed E-state index contributed by atoms with van der Waals surface area (Å²) in [5.41, 5.74) is 6.39. The molecule has 6 nitrogen and oxygen atoms in total. The van der Waals surface area contributed by atoms with Crippen molar-refractivity contribution in [3.8, 4) is 22.7 Å². The Labute approximate surface area is 169 Å². The van der Waals surface area contributed by atoms with Gasteiger partial charge in [0.15, 0.2) is 5.82 Å². The monoisotopic (exact) mass is 441 g/mol. The maximum absolute atomic E-state index is 6.01. The van der Waals surface area contributed by atoms with Crippen molar-refractivity contribution in [1.82, 2.24) is 19.9 Å². The third kappa shape index (κ3) is 3.72. The molecule has 0 amide bonds. The summed E-state index contributed by atoms with van der Waals surface area (Å²) in [6.07, 6.45) is 3.44. The van der Waals surface area contributed by atoms with E-state index in [1.54, 1.807) is 17.1 Å². The van der Waals surface area contributed by atoms with E-state index in [1.165, 1.54) is 0 Å². The van der Waals surface area contributed by atoms with Crippen LogP contribution in [0.15, 0.2) is 63.7 Å². The average molecular weight is 442 g/mol. The Kier molecular flexibility index (Phi) is 4.91. The van der Waals surface area contributed by atoms with Crippen LogP contribution in [0.25, 0.3) is 22.7 Å². The highest BCUT2D eigenvalue weighted by molar-refractivity contribution is 9.10. The number of benzene rings is 1. The van der Waals surface area contributed by atoms with Gasteiger partial charge in [-0.3, -0.25) is 4.98 Å². The van der Waals surface area contributed by atoms with Crippen molar-refractivity contribution in [2.75, 3.05) is 5.43 Å². The number of halogens is 1. The largest absolute Gasteiger partial charge is 0.459 e. The van der Waals surface area contributed by atoms with Crippen molar-refractivity contribution in [1.29, 1.82) is 0 Å². The number of hydrogen-bond acceptors (Lipinski definition) is 5. The first-order valence-corrected chi connectivity index (χ1v) is 9.49. The molecule has 0 saturated heterocycles. The van der Waals surface area contributed by atoms with Gasteiger partial charge in [0.2, 0.25) is 4.77 Å². The van der Waals surface area contributed by atoms with Crippen molar-refractivity contribution >= 4 is 28.1 Å². The number of nitrogens with zero attached hydrogens (tertiary/aromatic N) is 3. The van der Waals surface area contributed by atoms with E-state index in [2.05, 4.69) is 49.5 Å². The minimum Gasteiger partial charge on any atom is -0.459 e. The van der Waals surface area contributed by atoms with Crippen molar-refractivity contribution in [3.05, 3.63) is 75.4 Å². The molecule has 0 fully saturated rings. The molecular weight excluding hydrogens is 426 g/mol. The molecule has 0 aliphatic heterocycles. The molecule has 0 unspecified atom stereocenters. The van der Waals surface area contributed by atoms with Crippen molar-refractivity contribution in [3.63, 3.8) is 0 Å². The van der Waals surface area contributed by atoms with E-state index in [9.17, 15) is 0 Å². The van der Waals surface area contributed by atoms with Gasteiger partial charge in [-0.25, -0.2) is 9.77 Å². The number of aromatic nitrogens is 4. The highest BCUT2D eigenvalue weighted by atomic mass is 79.9. The number of hydrogen-bond donors (Lipinski definition) is 2. The minimum absolute atomic E-state index is 0.474. The Hall–Kier alpha value is -2.71. The molecule has 0 atom stereocenters. The van der Waals surface area contributed by atoms with Crippen LogP contribution in [0.3, 0.4) is 0 Å². The first-order valence-electron chi connectivity index (χ1n) is 8.29. The molecule has 4 aromatic rings. The van der Waals surface area contributed by atoms with E-state index in [4.69, 9.17) is 16.6 Å². The molecule has 0 aliphatic rings. The van der Waals surface area contributed by atoms with Crippen molar-refractivity contribution < 1.29 is 4.42 Å². The summed E-state index contributed by atoms with van der Waals surface area (Å²) in [4.78, 5) is 4.03. The van der Waals surface area contributed by atoms with Gasteiger partial charge < -0.3 is 9.84 Å². The molecule has 2 N–H and O–H groups in total. The predicted octanol–water partition coefficient (Wildman–Crippen LogP) is 5.08. The lowest BCUT2D eigenvalue weighted by Gasteiger charge is -2.08.